The van der Waals surface area contributed by atoms with Crippen LogP contribution in [0.4, 0.5) is 0 Å². The Bertz CT molecular complexity index is 170. The minimum Gasteiger partial charge on any atom is -0.0528 e. The lowest BCUT2D eigenvalue weighted by molar-refractivity contribution is -0.610. The Labute approximate surface area is 67.6 Å². The van der Waals surface area contributed by atoms with E-state index in [2.05, 4.69) is 0 Å². The van der Waals surface area contributed by atoms with Gasteiger partial charge < -0.3 is 0 Å². The summed E-state index contributed by atoms with van der Waals surface area (Å²) in [5.41, 5.74) is 0.109. The molecule has 1 saturated carbocycles. The summed E-state index contributed by atoms with van der Waals surface area (Å²) in [5, 5.41) is 0. The van der Waals surface area contributed by atoms with Crippen LogP contribution in [0.2, 0.25) is 0 Å². The molecule has 0 aromatic rings. The second kappa shape index (κ2) is 2.58. The Balaban J connectivity index is 2.12. The number of hydrogen-bond acceptors (Lipinski definition) is 1. The number of nitrogens with zero attached hydrogens (tertiary/aromatic N) is 1. The van der Waals surface area contributed by atoms with Crippen molar-refractivity contribution in [1.29, 1.82) is 0 Å². The normalized spacial score (nSPS) is 29.6. The van der Waals surface area contributed by atoms with Crippen LogP contribution in [0.3, 0.4) is 0 Å². The third-order valence-corrected chi connectivity index (χ3v) is 3.32. The molecule has 0 aromatic carbocycles. The third kappa shape index (κ3) is 1.09. The molecule has 2 nitrogen and oxygen atoms in total. The molecule has 2 fully saturated rings. The van der Waals surface area contributed by atoms with Gasteiger partial charge in [0.1, 0.15) is 0 Å². The van der Waals surface area contributed by atoms with Crippen LogP contribution in [0, 0.1) is 4.91 Å². The SMILES string of the molecule is O=[N+]1CCCC12CCCCC2. The zero-order valence-corrected chi connectivity index (χ0v) is 7.01. The minimum atomic E-state index is 0.109. The van der Waals surface area contributed by atoms with E-state index in [1.54, 1.807) is 0 Å². The molecular weight excluding hydrogens is 138 g/mol. The zero-order chi connectivity index (χ0) is 7.73. The molecule has 1 spiro atoms. The van der Waals surface area contributed by atoms with Gasteiger partial charge in [-0.05, 0) is 12.8 Å². The van der Waals surface area contributed by atoms with Gasteiger partial charge >= 0.3 is 0 Å². The zero-order valence-electron chi connectivity index (χ0n) is 7.01. The molecule has 2 aliphatic rings. The Hall–Kier alpha value is -0.400. The summed E-state index contributed by atoms with van der Waals surface area (Å²) < 4.78 is 1.37. The summed E-state index contributed by atoms with van der Waals surface area (Å²) in [6.07, 6.45) is 8.51. The van der Waals surface area contributed by atoms with E-state index >= 15 is 0 Å². The predicted octanol–water partition coefficient (Wildman–Crippen LogP) is 2.26. The summed E-state index contributed by atoms with van der Waals surface area (Å²) in [5.74, 6) is 0. The van der Waals surface area contributed by atoms with Crippen molar-refractivity contribution < 1.29 is 4.76 Å². The standard InChI is InChI=1S/C9H16NO/c11-10-8-4-7-9(10)5-2-1-3-6-9/h1-8H2/q+1. The van der Waals surface area contributed by atoms with Crippen LogP contribution in [0.25, 0.3) is 0 Å². The Morgan fingerprint density at radius 2 is 1.55 bits per heavy atom. The van der Waals surface area contributed by atoms with Crippen molar-refractivity contribution in [1.82, 2.24) is 0 Å². The fourth-order valence-electron chi connectivity index (χ4n) is 2.62. The summed E-state index contributed by atoms with van der Waals surface area (Å²) in [6.45, 7) is 0.792. The number of hydrogen-bond donors (Lipinski definition) is 0. The van der Waals surface area contributed by atoms with Gasteiger partial charge in [0.05, 0.1) is 0 Å². The quantitative estimate of drug-likeness (QED) is 0.490. The van der Waals surface area contributed by atoms with E-state index in [1.807, 2.05) is 0 Å². The van der Waals surface area contributed by atoms with E-state index in [-0.39, 0.29) is 5.54 Å². The molecule has 0 N–H and O–H groups in total. The lowest BCUT2D eigenvalue weighted by atomic mass is 9.81. The fraction of sp³-hybridized carbons (Fsp3) is 1.00. The van der Waals surface area contributed by atoms with Gasteiger partial charge in [0, 0.05) is 35.4 Å². The van der Waals surface area contributed by atoms with E-state index in [4.69, 9.17) is 0 Å². The van der Waals surface area contributed by atoms with E-state index in [9.17, 15) is 4.91 Å². The molecule has 2 heteroatoms. The third-order valence-electron chi connectivity index (χ3n) is 3.32. The molecule has 0 bridgehead atoms. The number of nitroso groups, excluding NO2 is 1. The maximum Gasteiger partial charge on any atom is 0.210 e. The van der Waals surface area contributed by atoms with Crippen LogP contribution in [0.1, 0.15) is 44.9 Å². The van der Waals surface area contributed by atoms with Crippen molar-refractivity contribution in [3.05, 3.63) is 4.91 Å². The lowest BCUT2D eigenvalue weighted by Crippen LogP contribution is -2.37. The van der Waals surface area contributed by atoms with Gasteiger partial charge in [-0.3, -0.25) is 0 Å². The topological polar surface area (TPSA) is 20.1 Å². The average Bonchev–Trinajstić information content (AvgIpc) is 2.36. The molecular formula is C9H16NO+. The van der Waals surface area contributed by atoms with E-state index in [1.165, 1.54) is 24.0 Å². The second-order valence-corrected chi connectivity index (χ2v) is 3.99. The highest BCUT2D eigenvalue weighted by atomic mass is 16.3. The molecule has 11 heavy (non-hydrogen) atoms. The highest BCUT2D eigenvalue weighted by molar-refractivity contribution is 4.85. The fourth-order valence-corrected chi connectivity index (χ4v) is 2.62. The van der Waals surface area contributed by atoms with Crippen molar-refractivity contribution in [2.45, 2.75) is 50.5 Å². The van der Waals surface area contributed by atoms with Crippen LogP contribution >= 0.6 is 0 Å². The predicted molar refractivity (Wildman–Crippen MR) is 43.5 cm³/mol. The highest BCUT2D eigenvalue weighted by Gasteiger charge is 2.49. The first-order valence-electron chi connectivity index (χ1n) is 4.78. The molecule has 0 atom stereocenters. The van der Waals surface area contributed by atoms with Crippen molar-refractivity contribution in [2.24, 2.45) is 0 Å². The molecule has 0 unspecified atom stereocenters. The van der Waals surface area contributed by atoms with Gasteiger partial charge in [-0.1, -0.05) is 6.42 Å². The van der Waals surface area contributed by atoms with Crippen molar-refractivity contribution in [2.75, 3.05) is 6.54 Å². The molecule has 1 aliphatic carbocycles. The van der Waals surface area contributed by atoms with Crippen molar-refractivity contribution in [3.63, 3.8) is 0 Å². The first-order chi connectivity index (χ1) is 5.33. The van der Waals surface area contributed by atoms with E-state index in [0.29, 0.717) is 0 Å². The summed E-state index contributed by atoms with van der Waals surface area (Å²) in [7, 11) is 0. The van der Waals surface area contributed by atoms with E-state index < -0.39 is 0 Å². The Morgan fingerprint density at radius 1 is 0.909 bits per heavy atom. The molecule has 0 radical (unpaired) electrons. The van der Waals surface area contributed by atoms with Gasteiger partial charge in [0.2, 0.25) is 5.54 Å². The van der Waals surface area contributed by atoms with Crippen molar-refractivity contribution >= 4 is 0 Å². The monoisotopic (exact) mass is 154 g/mol. The second-order valence-electron chi connectivity index (χ2n) is 3.99. The summed E-state index contributed by atoms with van der Waals surface area (Å²) in [4.78, 5) is 11.5. The summed E-state index contributed by atoms with van der Waals surface area (Å²) >= 11 is 0. The maximum absolute atomic E-state index is 11.5. The maximum atomic E-state index is 11.5. The number of rotatable bonds is 0. The first kappa shape index (κ1) is 7.26. The van der Waals surface area contributed by atoms with Crippen LogP contribution in [-0.2, 0) is 0 Å². The van der Waals surface area contributed by atoms with Crippen molar-refractivity contribution in [3.8, 4) is 0 Å². The first-order valence-corrected chi connectivity index (χ1v) is 4.78. The average molecular weight is 154 g/mol. The van der Waals surface area contributed by atoms with Gasteiger partial charge in [-0.15, -0.1) is 0 Å². The van der Waals surface area contributed by atoms with Gasteiger partial charge in [0.25, 0.3) is 0 Å². The lowest BCUT2D eigenvalue weighted by Gasteiger charge is -2.24. The summed E-state index contributed by atoms with van der Waals surface area (Å²) in [6, 6.07) is 0. The van der Waals surface area contributed by atoms with Gasteiger partial charge in [-0.2, -0.15) is 0 Å². The molecule has 1 aliphatic heterocycles. The Kier molecular flexibility index (Phi) is 1.70. The minimum absolute atomic E-state index is 0.109. The Morgan fingerprint density at radius 3 is 2.09 bits per heavy atom. The van der Waals surface area contributed by atoms with Crippen LogP contribution in [0.15, 0.2) is 0 Å². The molecule has 0 aromatic heterocycles. The molecule has 62 valence electrons. The van der Waals surface area contributed by atoms with Gasteiger partial charge in [-0.25, -0.2) is 0 Å². The van der Waals surface area contributed by atoms with Crippen LogP contribution < -0.4 is 0 Å². The smallest absolute Gasteiger partial charge is 0.0528 e. The van der Waals surface area contributed by atoms with Crippen LogP contribution in [0.5, 0.6) is 0 Å². The molecule has 0 amide bonds. The molecule has 1 saturated heterocycles. The van der Waals surface area contributed by atoms with Gasteiger partial charge in [0.15, 0.2) is 6.54 Å². The van der Waals surface area contributed by atoms with E-state index in [0.717, 1.165) is 32.2 Å². The molecule has 1 heterocycles. The largest absolute Gasteiger partial charge is 0.210 e. The molecule has 2 rings (SSSR count). The van der Waals surface area contributed by atoms with Crippen LogP contribution in [-0.4, -0.2) is 16.8 Å². The highest BCUT2D eigenvalue weighted by Crippen LogP contribution is 2.38.